The van der Waals surface area contributed by atoms with E-state index in [-0.39, 0.29) is 28.3 Å². The molecule has 0 saturated carbocycles. The van der Waals surface area contributed by atoms with E-state index >= 15 is 0 Å². The summed E-state index contributed by atoms with van der Waals surface area (Å²) in [7, 11) is 0. The van der Waals surface area contributed by atoms with Crippen LogP contribution in [0.15, 0.2) is 80.1 Å². The maximum Gasteiger partial charge on any atom is 0.338 e. The minimum atomic E-state index is -1.40. The van der Waals surface area contributed by atoms with Crippen LogP contribution in [-0.2, 0) is 9.53 Å². The molecule has 1 atom stereocenters. The second kappa shape index (κ2) is 10.7. The highest BCUT2D eigenvalue weighted by Gasteiger charge is 2.33. The average molecular weight is 582 g/mol. The summed E-state index contributed by atoms with van der Waals surface area (Å²) in [6.45, 7) is 3.59. The Hall–Kier alpha value is -3.92. The van der Waals surface area contributed by atoms with Gasteiger partial charge in [-0.05, 0) is 61.9 Å². The number of allylic oxidation sites excluding steroid dienone is 1. The number of carboxylic acid groups (broad SMARTS) is 1. The Kier molecular flexibility index (Phi) is 7.31. The van der Waals surface area contributed by atoms with E-state index in [0.717, 1.165) is 11.3 Å². The summed E-state index contributed by atoms with van der Waals surface area (Å²) in [6.07, 6.45) is 1.57. The number of nitrogens with zero attached hydrogens (tertiary/aromatic N) is 2. The van der Waals surface area contributed by atoms with Crippen LogP contribution >= 0.6 is 34.5 Å². The average Bonchev–Trinajstić information content (AvgIpc) is 3.48. The van der Waals surface area contributed by atoms with Crippen molar-refractivity contribution in [3.8, 4) is 11.3 Å². The maximum atomic E-state index is 13.7. The van der Waals surface area contributed by atoms with Gasteiger partial charge in [0.2, 0.25) is 0 Å². The number of carboxylic acids is 1. The fourth-order valence-electron chi connectivity index (χ4n) is 4.30. The summed E-state index contributed by atoms with van der Waals surface area (Å²) in [4.78, 5) is 42.9. The zero-order valence-electron chi connectivity index (χ0n) is 20.6. The Balaban J connectivity index is 1.61. The van der Waals surface area contributed by atoms with Crippen LogP contribution in [0, 0.1) is 0 Å². The number of carbonyl (C=O) groups excluding carboxylic acids is 2. The Labute approximate surface area is 235 Å². The van der Waals surface area contributed by atoms with Gasteiger partial charge in [-0.25, -0.2) is 9.79 Å². The Morgan fingerprint density at radius 2 is 1.90 bits per heavy atom. The first kappa shape index (κ1) is 26.7. The van der Waals surface area contributed by atoms with Gasteiger partial charge in [-0.3, -0.25) is 9.36 Å². The molecule has 8 nitrogen and oxygen atoms in total. The van der Waals surface area contributed by atoms with Crippen molar-refractivity contribution in [3.63, 3.8) is 0 Å². The molecule has 11 heteroatoms. The summed E-state index contributed by atoms with van der Waals surface area (Å²) in [5.41, 5.74) is 1.36. The smallest absolute Gasteiger partial charge is 0.338 e. The van der Waals surface area contributed by atoms with Gasteiger partial charge < -0.3 is 19.1 Å². The van der Waals surface area contributed by atoms with Crippen LogP contribution in [0.5, 0.6) is 0 Å². The van der Waals surface area contributed by atoms with Crippen LogP contribution in [0.25, 0.3) is 17.4 Å². The number of aromatic nitrogens is 1. The lowest BCUT2D eigenvalue weighted by atomic mass is 9.96. The topological polar surface area (TPSA) is 114 Å². The minimum absolute atomic E-state index is 0.0550. The van der Waals surface area contributed by atoms with E-state index in [0.29, 0.717) is 42.7 Å². The van der Waals surface area contributed by atoms with Crippen molar-refractivity contribution >= 4 is 52.6 Å². The van der Waals surface area contributed by atoms with Gasteiger partial charge in [0, 0.05) is 27.2 Å². The Bertz CT molecular complexity index is 1830. The first-order valence-electron chi connectivity index (χ1n) is 11.7. The number of thiazole rings is 1. The van der Waals surface area contributed by atoms with Gasteiger partial charge in [0.05, 0.1) is 34.4 Å². The predicted octanol–water partition coefficient (Wildman–Crippen LogP) is 3.73. The van der Waals surface area contributed by atoms with E-state index in [1.165, 1.54) is 16.7 Å². The number of fused-ring (bicyclic) bond motifs is 1. The first-order chi connectivity index (χ1) is 18.7. The fourth-order valence-corrected chi connectivity index (χ4v) is 5.65. The molecule has 0 radical (unpaired) electrons. The molecule has 5 rings (SSSR count). The first-order valence-corrected chi connectivity index (χ1v) is 13.3. The van der Waals surface area contributed by atoms with Crippen LogP contribution in [-0.4, -0.2) is 23.1 Å². The number of benzene rings is 2. The van der Waals surface area contributed by atoms with E-state index in [4.69, 9.17) is 32.4 Å². The molecule has 4 aromatic rings. The Morgan fingerprint density at radius 1 is 1.15 bits per heavy atom. The van der Waals surface area contributed by atoms with Gasteiger partial charge in [-0.2, -0.15) is 0 Å². The number of halogens is 2. The van der Waals surface area contributed by atoms with Crippen molar-refractivity contribution in [2.75, 3.05) is 6.61 Å². The highest BCUT2D eigenvalue weighted by molar-refractivity contribution is 7.07. The van der Waals surface area contributed by atoms with Gasteiger partial charge in [0.15, 0.2) is 4.80 Å². The molecule has 2 aromatic heterocycles. The molecule has 198 valence electrons. The van der Waals surface area contributed by atoms with Crippen molar-refractivity contribution < 1.29 is 23.8 Å². The molecule has 1 aliphatic heterocycles. The fraction of sp³-hybridized carbons (Fsp3) is 0.143. The van der Waals surface area contributed by atoms with E-state index in [2.05, 4.69) is 4.99 Å². The number of carbonyl (C=O) groups is 2. The molecule has 1 aliphatic rings. The van der Waals surface area contributed by atoms with Crippen molar-refractivity contribution in [2.24, 2.45) is 4.99 Å². The second-order valence-electron chi connectivity index (χ2n) is 8.54. The monoisotopic (exact) mass is 581 g/mol. The molecular weight excluding hydrogens is 563 g/mol. The molecule has 0 saturated heterocycles. The summed E-state index contributed by atoms with van der Waals surface area (Å²) < 4.78 is 13.0. The SMILES string of the molecule is CCOC(=O)C1=C(C)N=c2s/c(=C\c3ccc(-c4ccc(Cl)c(C(=O)[O-])c4)o3)c(=O)n2[C@@H]1c1ccc(Cl)cc1. The second-order valence-corrected chi connectivity index (χ2v) is 10.4. The zero-order chi connectivity index (χ0) is 27.8. The maximum absolute atomic E-state index is 13.7. The lowest BCUT2D eigenvalue weighted by Gasteiger charge is -2.24. The highest BCUT2D eigenvalue weighted by atomic mass is 35.5. The molecule has 0 amide bonds. The third kappa shape index (κ3) is 5.08. The molecule has 0 bridgehead atoms. The summed E-state index contributed by atoms with van der Waals surface area (Å²) in [5, 5.41) is 11.9. The standard InChI is InChI=1S/C28H20Cl2N2O6S/c1-3-37-27(36)23-14(2)31-28-32(24(23)15-4-7-17(29)8-5-15)25(33)22(39-28)13-18-9-11-21(38-18)16-6-10-20(30)19(12-16)26(34)35/h4-13,24H,3H2,1-2H3,(H,34,35)/p-1/b22-13-/t24-/m1/s1. The largest absolute Gasteiger partial charge is 0.545 e. The van der Waals surface area contributed by atoms with Crippen LogP contribution in [0.2, 0.25) is 10.0 Å². The molecular formula is C28H19Cl2N2O6S-. The van der Waals surface area contributed by atoms with Gasteiger partial charge >= 0.3 is 5.97 Å². The van der Waals surface area contributed by atoms with Gasteiger partial charge in [0.25, 0.3) is 5.56 Å². The number of furan rings is 1. The van der Waals surface area contributed by atoms with E-state index in [1.54, 1.807) is 62.4 Å². The minimum Gasteiger partial charge on any atom is -0.545 e. The van der Waals surface area contributed by atoms with Crippen molar-refractivity contribution in [3.05, 3.63) is 112 Å². The van der Waals surface area contributed by atoms with E-state index in [9.17, 15) is 19.5 Å². The lowest BCUT2D eigenvalue weighted by Crippen LogP contribution is -2.39. The number of rotatable bonds is 6. The van der Waals surface area contributed by atoms with Crippen LogP contribution in [0.1, 0.15) is 41.6 Å². The Morgan fingerprint density at radius 3 is 2.59 bits per heavy atom. The molecule has 0 aliphatic carbocycles. The van der Waals surface area contributed by atoms with Gasteiger partial charge in [-0.15, -0.1) is 0 Å². The molecule has 0 fully saturated rings. The summed E-state index contributed by atoms with van der Waals surface area (Å²) in [6, 6.07) is 13.9. The highest BCUT2D eigenvalue weighted by Crippen LogP contribution is 2.31. The molecule has 0 spiro atoms. The summed E-state index contributed by atoms with van der Waals surface area (Å²) in [5.74, 6) is -1.21. The zero-order valence-corrected chi connectivity index (χ0v) is 22.9. The summed E-state index contributed by atoms with van der Waals surface area (Å²) >= 11 is 13.2. The third-order valence-electron chi connectivity index (χ3n) is 6.07. The number of ether oxygens (including phenoxy) is 1. The molecule has 0 unspecified atom stereocenters. The van der Waals surface area contributed by atoms with Crippen LogP contribution in [0.3, 0.4) is 0 Å². The molecule has 0 N–H and O–H groups in total. The van der Waals surface area contributed by atoms with Gasteiger partial charge in [-0.1, -0.05) is 46.7 Å². The van der Waals surface area contributed by atoms with E-state index in [1.807, 2.05) is 0 Å². The lowest BCUT2D eigenvalue weighted by molar-refractivity contribution is -0.255. The van der Waals surface area contributed by atoms with Crippen LogP contribution < -0.4 is 20.0 Å². The van der Waals surface area contributed by atoms with Crippen molar-refractivity contribution in [2.45, 2.75) is 19.9 Å². The normalized spacial score (nSPS) is 15.2. The van der Waals surface area contributed by atoms with E-state index < -0.39 is 18.0 Å². The van der Waals surface area contributed by atoms with Crippen LogP contribution in [0.4, 0.5) is 0 Å². The molecule has 3 heterocycles. The van der Waals surface area contributed by atoms with Gasteiger partial charge in [0.1, 0.15) is 11.5 Å². The molecule has 39 heavy (non-hydrogen) atoms. The number of esters is 1. The number of hydrogen-bond donors (Lipinski definition) is 0. The predicted molar refractivity (Wildman–Crippen MR) is 145 cm³/mol. The molecule has 2 aromatic carbocycles. The third-order valence-corrected chi connectivity index (χ3v) is 7.64. The number of hydrogen-bond acceptors (Lipinski definition) is 8. The number of aromatic carboxylic acids is 1. The van der Waals surface area contributed by atoms with Crippen molar-refractivity contribution in [1.29, 1.82) is 0 Å². The quantitative estimate of drug-likeness (QED) is 0.320. The van der Waals surface area contributed by atoms with Crippen molar-refractivity contribution in [1.82, 2.24) is 4.57 Å².